The third kappa shape index (κ3) is 9.09. The fraction of sp³-hybridized carbons (Fsp3) is 0.529. The Balaban J connectivity index is 2.93. The largest absolute Gasteiger partial charge is 0.348 e. The lowest BCUT2D eigenvalue weighted by Crippen LogP contribution is -2.03. The van der Waals surface area contributed by atoms with Gasteiger partial charge >= 0.3 is 5.87 Å². The fourth-order valence-electron chi connectivity index (χ4n) is 5.06. The van der Waals surface area contributed by atoms with Crippen LogP contribution in [0.2, 0.25) is 0 Å². The molecule has 2 aromatic carbocycles. The summed E-state index contributed by atoms with van der Waals surface area (Å²) in [7, 11) is 0. The van der Waals surface area contributed by atoms with Crippen LogP contribution in [0.5, 0.6) is 0 Å². The predicted molar refractivity (Wildman–Crippen MR) is 157 cm³/mol. The van der Waals surface area contributed by atoms with E-state index in [-0.39, 0.29) is 0 Å². The minimum atomic E-state index is 0.881. The molecule has 0 aromatic heterocycles. The monoisotopic (exact) mass is 484 g/mol. The lowest BCUT2D eigenvalue weighted by molar-refractivity contribution is 0.00739. The van der Waals surface area contributed by atoms with Crippen molar-refractivity contribution < 1.29 is 4.79 Å². The van der Waals surface area contributed by atoms with Crippen molar-refractivity contribution in [3.63, 3.8) is 0 Å². The number of hydrogen-bond donors (Lipinski definition) is 0. The van der Waals surface area contributed by atoms with E-state index in [1.165, 1.54) is 70.2 Å². The van der Waals surface area contributed by atoms with E-state index < -0.39 is 0 Å². The van der Waals surface area contributed by atoms with Gasteiger partial charge in [0.05, 0.1) is 5.57 Å². The van der Waals surface area contributed by atoms with Crippen LogP contribution in [0.4, 0.5) is 0 Å². The highest BCUT2D eigenvalue weighted by atomic mass is 14.8. The zero-order valence-electron chi connectivity index (χ0n) is 23.8. The molecule has 2 aromatic rings. The molecule has 0 saturated carbocycles. The SMILES string of the molecule is CCCCC(=C=[N+]=[N-])C(CCCC)=C(c1cc(C)cc(C)c1)c1cc(CCCC)cc(CCCC)c1. The Morgan fingerprint density at radius 2 is 1.17 bits per heavy atom. The van der Waals surface area contributed by atoms with Gasteiger partial charge in [0.25, 0.3) is 0 Å². The zero-order valence-corrected chi connectivity index (χ0v) is 23.8. The second kappa shape index (κ2) is 16.2. The van der Waals surface area contributed by atoms with Crippen molar-refractivity contribution in [2.45, 2.75) is 119 Å². The molecular weight excluding hydrogens is 436 g/mol. The fourth-order valence-corrected chi connectivity index (χ4v) is 5.06. The normalized spacial score (nSPS) is 11.6. The van der Waals surface area contributed by atoms with Crippen LogP contribution in [0.25, 0.3) is 11.1 Å². The molecule has 0 saturated heterocycles. The lowest BCUT2D eigenvalue weighted by Gasteiger charge is -2.20. The first-order chi connectivity index (χ1) is 17.5. The first-order valence-corrected chi connectivity index (χ1v) is 14.4. The Labute approximate surface area is 221 Å². The molecule has 0 bridgehead atoms. The van der Waals surface area contributed by atoms with Gasteiger partial charge in [-0.25, -0.2) is 0 Å². The second-order valence-corrected chi connectivity index (χ2v) is 10.4. The van der Waals surface area contributed by atoms with Gasteiger partial charge in [0.2, 0.25) is 0 Å². The third-order valence-electron chi connectivity index (χ3n) is 6.90. The van der Waals surface area contributed by atoms with Gasteiger partial charge in [0.15, 0.2) is 0 Å². The van der Waals surface area contributed by atoms with E-state index >= 15 is 0 Å². The third-order valence-corrected chi connectivity index (χ3v) is 6.90. The number of aryl methyl sites for hydroxylation is 4. The summed E-state index contributed by atoms with van der Waals surface area (Å²) in [6.07, 6.45) is 13.3. The summed E-state index contributed by atoms with van der Waals surface area (Å²) < 4.78 is 0. The molecule has 2 nitrogen and oxygen atoms in total. The first-order valence-electron chi connectivity index (χ1n) is 14.4. The molecule has 0 aliphatic rings. The van der Waals surface area contributed by atoms with Crippen LogP contribution < -0.4 is 0 Å². The average molecular weight is 485 g/mol. The summed E-state index contributed by atoms with van der Waals surface area (Å²) in [5, 5.41) is 0. The van der Waals surface area contributed by atoms with Gasteiger partial charge in [-0.1, -0.05) is 101 Å². The number of nitrogens with zero attached hydrogens (tertiary/aromatic N) is 2. The molecule has 2 rings (SSSR count). The summed E-state index contributed by atoms with van der Waals surface area (Å²) in [4.78, 5) is 3.42. The topological polar surface area (TPSA) is 36.4 Å². The zero-order chi connectivity index (χ0) is 26.3. The molecule has 0 aliphatic carbocycles. The van der Waals surface area contributed by atoms with Crippen LogP contribution in [0.1, 0.15) is 125 Å². The van der Waals surface area contributed by atoms with Gasteiger partial charge in [-0.15, -0.1) is 4.79 Å². The summed E-state index contributed by atoms with van der Waals surface area (Å²) in [5.41, 5.74) is 21.2. The lowest BCUT2D eigenvalue weighted by atomic mass is 9.83. The Bertz CT molecular complexity index is 1050. The van der Waals surface area contributed by atoms with Gasteiger partial charge in [-0.3, -0.25) is 0 Å². The standard InChI is InChI=1S/C34H48N2/c1-7-11-15-28-22-29(16-12-8-2)24-32(23-28)34(31-20-26(5)19-27(6)21-31)33(18-14-10-4)30(25-36-35)17-13-9-3/h19-24H,7-18H2,1-6H3. The Morgan fingerprint density at radius 1 is 0.667 bits per heavy atom. The van der Waals surface area contributed by atoms with Crippen LogP contribution in [0, 0.1) is 13.8 Å². The molecule has 0 fully saturated rings. The van der Waals surface area contributed by atoms with Crippen molar-refractivity contribution >= 4 is 11.4 Å². The van der Waals surface area contributed by atoms with Crippen molar-refractivity contribution in [1.29, 1.82) is 0 Å². The predicted octanol–water partition coefficient (Wildman–Crippen LogP) is 10.00. The summed E-state index contributed by atoms with van der Waals surface area (Å²) in [6, 6.07) is 14.2. The number of benzene rings is 2. The molecule has 0 aliphatic heterocycles. The van der Waals surface area contributed by atoms with Crippen molar-refractivity contribution in [3.8, 4) is 0 Å². The van der Waals surface area contributed by atoms with Gasteiger partial charge in [-0.05, 0) is 98.6 Å². The number of hydrogen-bond acceptors (Lipinski definition) is 0. The molecule has 0 heterocycles. The van der Waals surface area contributed by atoms with Crippen LogP contribution in [0.15, 0.2) is 47.5 Å². The molecular formula is C34H48N2. The van der Waals surface area contributed by atoms with Crippen LogP contribution in [-0.4, -0.2) is 10.7 Å². The first kappa shape index (κ1) is 29.6. The van der Waals surface area contributed by atoms with E-state index in [0.29, 0.717) is 0 Å². The number of rotatable bonds is 15. The molecule has 0 amide bonds. The molecule has 0 atom stereocenters. The molecule has 0 N–H and O–H groups in total. The minimum Gasteiger partial charge on any atom is -0.348 e. The Morgan fingerprint density at radius 3 is 1.67 bits per heavy atom. The summed E-state index contributed by atoms with van der Waals surface area (Å²) in [5.74, 6) is 3.01. The Hall–Kier alpha value is -2.66. The molecule has 2 heteroatoms. The van der Waals surface area contributed by atoms with Gasteiger partial charge in [-0.2, -0.15) is 0 Å². The van der Waals surface area contributed by atoms with Crippen LogP contribution >= 0.6 is 0 Å². The van der Waals surface area contributed by atoms with E-state index in [9.17, 15) is 5.53 Å². The maximum Gasteiger partial charge on any atom is 0.303 e. The minimum absolute atomic E-state index is 0.881. The van der Waals surface area contributed by atoms with E-state index in [1.807, 2.05) is 0 Å². The van der Waals surface area contributed by atoms with E-state index in [2.05, 4.69) is 88.6 Å². The van der Waals surface area contributed by atoms with E-state index in [1.54, 1.807) is 0 Å². The van der Waals surface area contributed by atoms with Crippen molar-refractivity contribution in [2.24, 2.45) is 0 Å². The van der Waals surface area contributed by atoms with Gasteiger partial charge < -0.3 is 5.53 Å². The van der Waals surface area contributed by atoms with Crippen molar-refractivity contribution in [3.05, 3.63) is 86.5 Å². The molecule has 0 unspecified atom stereocenters. The summed E-state index contributed by atoms with van der Waals surface area (Å²) >= 11 is 0. The van der Waals surface area contributed by atoms with Gasteiger partial charge in [0.1, 0.15) is 0 Å². The number of unbranched alkanes of at least 4 members (excludes halogenated alkanes) is 4. The Kier molecular flexibility index (Phi) is 13.3. The highest BCUT2D eigenvalue weighted by Gasteiger charge is 2.19. The highest BCUT2D eigenvalue weighted by Crippen LogP contribution is 2.36. The number of allylic oxidation sites excluding steroid dienone is 2. The second-order valence-electron chi connectivity index (χ2n) is 10.4. The molecule has 0 radical (unpaired) electrons. The maximum absolute atomic E-state index is 9.57. The average Bonchev–Trinajstić information content (AvgIpc) is 2.85. The molecule has 194 valence electrons. The van der Waals surface area contributed by atoms with E-state index in [4.69, 9.17) is 0 Å². The summed E-state index contributed by atoms with van der Waals surface area (Å²) in [6.45, 7) is 13.4. The maximum atomic E-state index is 9.57. The quantitative estimate of drug-likeness (QED) is 0.104. The molecule has 0 spiro atoms. The highest BCUT2D eigenvalue weighted by molar-refractivity contribution is 5.87. The molecule has 36 heavy (non-hydrogen) atoms. The van der Waals surface area contributed by atoms with Crippen LogP contribution in [-0.2, 0) is 12.8 Å². The van der Waals surface area contributed by atoms with Crippen molar-refractivity contribution in [2.75, 3.05) is 0 Å². The van der Waals surface area contributed by atoms with E-state index in [0.717, 1.165) is 56.9 Å². The smallest absolute Gasteiger partial charge is 0.303 e. The van der Waals surface area contributed by atoms with Crippen LogP contribution in [0.3, 0.4) is 0 Å². The van der Waals surface area contributed by atoms with Gasteiger partial charge in [0, 0.05) is 0 Å². The van der Waals surface area contributed by atoms with Crippen molar-refractivity contribution in [1.82, 2.24) is 0 Å².